The summed E-state index contributed by atoms with van der Waals surface area (Å²) >= 11 is 0. The van der Waals surface area contributed by atoms with Gasteiger partial charge in [-0.15, -0.1) is 0 Å². The van der Waals surface area contributed by atoms with E-state index in [4.69, 9.17) is 4.74 Å². The van der Waals surface area contributed by atoms with Crippen LogP contribution in [-0.4, -0.2) is 29.0 Å². The third-order valence-corrected chi connectivity index (χ3v) is 4.74. The van der Waals surface area contributed by atoms with E-state index < -0.39 is 0 Å². The Labute approximate surface area is 136 Å². The van der Waals surface area contributed by atoms with Gasteiger partial charge in [-0.3, -0.25) is 0 Å². The molecule has 0 unspecified atom stereocenters. The maximum absolute atomic E-state index is 5.38. The molecule has 116 valence electrons. The summed E-state index contributed by atoms with van der Waals surface area (Å²) in [5, 5.41) is 1.35. The molecule has 0 aliphatic carbocycles. The summed E-state index contributed by atoms with van der Waals surface area (Å²) in [7, 11) is 3.86. The molecule has 1 aliphatic heterocycles. The van der Waals surface area contributed by atoms with E-state index in [9.17, 15) is 0 Å². The molecule has 23 heavy (non-hydrogen) atoms. The fraction of sp³-hybridized carbons (Fsp3) is 0.250. The number of hydrogen-bond acceptors (Lipinski definition) is 1. The number of aromatic nitrogens is 1. The summed E-state index contributed by atoms with van der Waals surface area (Å²) in [5.41, 5.74) is 5.37. The summed E-state index contributed by atoms with van der Waals surface area (Å²) in [4.78, 5) is 0. The molecule has 0 amide bonds. The van der Waals surface area contributed by atoms with Crippen molar-refractivity contribution >= 4 is 17.1 Å². The minimum Gasteiger partial charge on any atom is -0.497 e. The molecule has 0 saturated carbocycles. The van der Waals surface area contributed by atoms with Crippen molar-refractivity contribution in [1.29, 1.82) is 0 Å². The van der Waals surface area contributed by atoms with Gasteiger partial charge < -0.3 is 9.30 Å². The quantitative estimate of drug-likeness (QED) is 0.678. The van der Waals surface area contributed by atoms with E-state index in [2.05, 4.69) is 70.9 Å². The Bertz CT molecular complexity index is 891. The maximum Gasteiger partial charge on any atom is 0.187 e. The maximum atomic E-state index is 5.38. The second-order valence-electron chi connectivity index (χ2n) is 6.14. The van der Waals surface area contributed by atoms with E-state index in [-0.39, 0.29) is 0 Å². The highest BCUT2D eigenvalue weighted by Crippen LogP contribution is 2.29. The fourth-order valence-electron chi connectivity index (χ4n) is 3.50. The van der Waals surface area contributed by atoms with Crippen molar-refractivity contribution in [3.8, 4) is 5.75 Å². The largest absolute Gasteiger partial charge is 0.497 e. The van der Waals surface area contributed by atoms with E-state index >= 15 is 0 Å². The Morgan fingerprint density at radius 3 is 2.74 bits per heavy atom. The van der Waals surface area contributed by atoms with Gasteiger partial charge in [0, 0.05) is 30.5 Å². The van der Waals surface area contributed by atoms with Gasteiger partial charge in [-0.1, -0.05) is 30.3 Å². The molecule has 3 heteroatoms. The van der Waals surface area contributed by atoms with E-state index in [1.807, 2.05) is 0 Å². The first-order valence-electron chi connectivity index (χ1n) is 8.04. The molecule has 1 aliphatic rings. The van der Waals surface area contributed by atoms with Crippen molar-refractivity contribution in [3.05, 3.63) is 65.4 Å². The van der Waals surface area contributed by atoms with E-state index in [1.165, 1.54) is 27.7 Å². The van der Waals surface area contributed by atoms with Gasteiger partial charge in [0.05, 0.1) is 12.6 Å². The molecule has 3 aromatic rings. The topological polar surface area (TPSA) is 17.2 Å². The molecule has 1 aromatic heterocycles. The van der Waals surface area contributed by atoms with E-state index in [0.29, 0.717) is 0 Å². The monoisotopic (exact) mass is 305 g/mol. The smallest absolute Gasteiger partial charge is 0.187 e. The minimum absolute atomic E-state index is 0.914. The predicted molar refractivity (Wildman–Crippen MR) is 93.6 cm³/mol. The highest BCUT2D eigenvalue weighted by Gasteiger charge is 2.23. The number of benzene rings is 2. The molecule has 2 heterocycles. The fourth-order valence-corrected chi connectivity index (χ4v) is 3.50. The number of aryl methyl sites for hydroxylation is 1. The number of fused-ring (bicyclic) bond motifs is 3. The molecule has 3 nitrogen and oxygen atoms in total. The second kappa shape index (κ2) is 5.58. The van der Waals surface area contributed by atoms with Gasteiger partial charge in [-0.05, 0) is 17.7 Å². The van der Waals surface area contributed by atoms with Gasteiger partial charge in [-0.25, -0.2) is 4.58 Å². The van der Waals surface area contributed by atoms with E-state index in [1.54, 1.807) is 7.11 Å². The first-order valence-corrected chi connectivity index (χ1v) is 8.04. The summed E-state index contributed by atoms with van der Waals surface area (Å²) in [6, 6.07) is 17.0. The van der Waals surface area contributed by atoms with Crippen molar-refractivity contribution < 1.29 is 9.31 Å². The molecule has 0 radical (unpaired) electrons. The molecule has 0 saturated heterocycles. The molecule has 2 aromatic carbocycles. The summed E-state index contributed by atoms with van der Waals surface area (Å²) in [6.07, 6.45) is 3.39. The number of methoxy groups -OCH3 is 1. The van der Waals surface area contributed by atoms with Crippen LogP contribution >= 0.6 is 0 Å². The Morgan fingerprint density at radius 1 is 1.13 bits per heavy atom. The lowest BCUT2D eigenvalue weighted by Gasteiger charge is -2.11. The van der Waals surface area contributed by atoms with Gasteiger partial charge in [0.25, 0.3) is 0 Å². The molecule has 0 spiro atoms. The third-order valence-electron chi connectivity index (χ3n) is 4.74. The van der Waals surface area contributed by atoms with Crippen molar-refractivity contribution in [2.75, 3.05) is 13.7 Å². The SMILES string of the molecule is COc1ccc2c3c(n(C)c2c1)C=[N+](Cc1ccccc1)CC3. The first kappa shape index (κ1) is 14.1. The third kappa shape index (κ3) is 2.42. The zero-order valence-corrected chi connectivity index (χ0v) is 13.6. The first-order chi connectivity index (χ1) is 11.3. The van der Waals surface area contributed by atoms with Crippen LogP contribution in [0.25, 0.3) is 10.9 Å². The molecule has 0 fully saturated rings. The number of hydrogen-bond donors (Lipinski definition) is 0. The number of ether oxygens (including phenoxy) is 1. The number of nitrogens with zero attached hydrogens (tertiary/aromatic N) is 2. The minimum atomic E-state index is 0.914. The zero-order chi connectivity index (χ0) is 15.8. The molecule has 0 atom stereocenters. The van der Waals surface area contributed by atoms with Crippen molar-refractivity contribution in [3.63, 3.8) is 0 Å². The summed E-state index contributed by atoms with van der Waals surface area (Å²) < 4.78 is 10.1. The lowest BCUT2D eigenvalue weighted by Crippen LogP contribution is -2.23. The lowest BCUT2D eigenvalue weighted by atomic mass is 10.0. The average molecular weight is 305 g/mol. The molecule has 0 N–H and O–H groups in total. The van der Waals surface area contributed by atoms with Crippen LogP contribution < -0.4 is 4.74 Å². The highest BCUT2D eigenvalue weighted by molar-refractivity contribution is 5.94. The van der Waals surface area contributed by atoms with Crippen LogP contribution in [0.1, 0.15) is 16.8 Å². The van der Waals surface area contributed by atoms with Gasteiger partial charge in [-0.2, -0.15) is 0 Å². The number of rotatable bonds is 3. The Hall–Kier alpha value is -2.55. The summed E-state index contributed by atoms with van der Waals surface area (Å²) in [5.74, 6) is 0.914. The van der Waals surface area contributed by atoms with Gasteiger partial charge >= 0.3 is 0 Å². The van der Waals surface area contributed by atoms with Crippen LogP contribution in [0.2, 0.25) is 0 Å². The van der Waals surface area contributed by atoms with Crippen LogP contribution in [0.4, 0.5) is 0 Å². The van der Waals surface area contributed by atoms with Gasteiger partial charge in [0.15, 0.2) is 12.8 Å². The zero-order valence-electron chi connectivity index (χ0n) is 13.6. The van der Waals surface area contributed by atoms with Crippen LogP contribution in [0, 0.1) is 0 Å². The Kier molecular flexibility index (Phi) is 3.41. The van der Waals surface area contributed by atoms with Crippen LogP contribution in [0.3, 0.4) is 0 Å². The predicted octanol–water partition coefficient (Wildman–Crippen LogP) is 3.37. The van der Waals surface area contributed by atoms with Crippen LogP contribution in [0.5, 0.6) is 5.75 Å². The normalized spacial score (nSPS) is 13.7. The molecule has 4 rings (SSSR count). The van der Waals surface area contributed by atoms with Crippen molar-refractivity contribution in [1.82, 2.24) is 4.57 Å². The van der Waals surface area contributed by atoms with Gasteiger partial charge in [0.2, 0.25) is 0 Å². The average Bonchev–Trinajstić information content (AvgIpc) is 2.88. The van der Waals surface area contributed by atoms with E-state index in [0.717, 1.165) is 25.3 Å². The lowest BCUT2D eigenvalue weighted by molar-refractivity contribution is -0.540. The standard InChI is InChI=1S/C20H21N2O/c1-21-19-12-16(23-2)8-9-17(19)18-10-11-22(14-20(18)21)13-15-6-4-3-5-7-15/h3-9,12,14H,10-11,13H2,1-2H3/q+1. The molecular formula is C20H21N2O+. The van der Waals surface area contributed by atoms with Crippen molar-refractivity contribution in [2.24, 2.45) is 7.05 Å². The molecule has 0 bridgehead atoms. The molecular weight excluding hydrogens is 284 g/mol. The Morgan fingerprint density at radius 2 is 1.96 bits per heavy atom. The van der Waals surface area contributed by atoms with Gasteiger partial charge in [0.1, 0.15) is 18.0 Å². The van der Waals surface area contributed by atoms with Crippen LogP contribution in [0.15, 0.2) is 48.5 Å². The summed E-state index contributed by atoms with van der Waals surface area (Å²) in [6.45, 7) is 2.03. The highest BCUT2D eigenvalue weighted by atomic mass is 16.5. The van der Waals surface area contributed by atoms with Crippen LogP contribution in [-0.2, 0) is 20.0 Å². The second-order valence-corrected chi connectivity index (χ2v) is 6.14. The Balaban J connectivity index is 1.76. The van der Waals surface area contributed by atoms with Crippen molar-refractivity contribution in [2.45, 2.75) is 13.0 Å².